The van der Waals surface area contributed by atoms with Crippen LogP contribution in [0.2, 0.25) is 0 Å². The van der Waals surface area contributed by atoms with E-state index >= 15 is 0 Å². The van der Waals surface area contributed by atoms with Gasteiger partial charge in [-0.1, -0.05) is 24.3 Å². The Morgan fingerprint density at radius 2 is 1.89 bits per heavy atom. The molecule has 1 aliphatic heterocycles. The lowest BCUT2D eigenvalue weighted by Crippen LogP contribution is -2.37. The van der Waals surface area contributed by atoms with Crippen LogP contribution >= 0.6 is 0 Å². The summed E-state index contributed by atoms with van der Waals surface area (Å²) in [7, 11) is -1.38. The maximum Gasteiger partial charge on any atom is 0.257 e. The molecule has 0 atom stereocenters. The fourth-order valence-electron chi connectivity index (χ4n) is 3.54. The molecule has 27 heavy (non-hydrogen) atoms. The van der Waals surface area contributed by atoms with E-state index in [9.17, 15) is 13.2 Å². The van der Waals surface area contributed by atoms with Gasteiger partial charge in [-0.25, -0.2) is 8.42 Å². The van der Waals surface area contributed by atoms with Crippen LogP contribution in [-0.4, -0.2) is 31.2 Å². The van der Waals surface area contributed by atoms with Crippen molar-refractivity contribution in [1.82, 2.24) is 4.57 Å². The monoisotopic (exact) mass is 383 g/mol. The molecule has 0 radical (unpaired) electrons. The van der Waals surface area contributed by atoms with E-state index in [1.165, 1.54) is 4.31 Å². The maximum atomic E-state index is 12.8. The highest BCUT2D eigenvalue weighted by atomic mass is 32.2. The van der Waals surface area contributed by atoms with Gasteiger partial charge in [0.15, 0.2) is 0 Å². The number of sulfonamides is 1. The highest BCUT2D eigenvalue weighted by Gasteiger charge is 2.26. The number of nitrogens with zero attached hydrogens (tertiary/aromatic N) is 2. The van der Waals surface area contributed by atoms with Gasteiger partial charge in [0.05, 0.1) is 17.0 Å². The summed E-state index contributed by atoms with van der Waals surface area (Å²) in [6, 6.07) is 14.7. The Hall–Kier alpha value is -2.80. The van der Waals surface area contributed by atoms with Crippen molar-refractivity contribution in [2.75, 3.05) is 21.9 Å². The zero-order valence-corrected chi connectivity index (χ0v) is 15.9. The Balaban J connectivity index is 1.62. The zero-order chi connectivity index (χ0) is 19.0. The predicted molar refractivity (Wildman–Crippen MR) is 108 cm³/mol. The molecule has 1 amide bonds. The Morgan fingerprint density at radius 3 is 2.70 bits per heavy atom. The molecular formula is C20H21N3O3S. The summed E-state index contributed by atoms with van der Waals surface area (Å²) in [5.74, 6) is -0.0509. The normalized spacial score (nSPS) is 16.4. The molecule has 1 aromatic heterocycles. The second kappa shape index (κ2) is 6.74. The second-order valence-corrected chi connectivity index (χ2v) is 8.78. The first-order valence-electron chi connectivity index (χ1n) is 8.91. The molecule has 0 saturated carbocycles. The number of nitrogens with one attached hydrogen (secondary N) is 1. The fraction of sp³-hybridized carbons (Fsp3) is 0.250. The third-order valence-electron chi connectivity index (χ3n) is 4.88. The zero-order valence-electron chi connectivity index (χ0n) is 15.1. The van der Waals surface area contributed by atoms with E-state index in [4.69, 9.17) is 0 Å². The summed E-state index contributed by atoms with van der Waals surface area (Å²) in [6.45, 7) is 0.475. The van der Waals surface area contributed by atoms with Crippen LogP contribution in [0.1, 0.15) is 23.2 Å². The van der Waals surface area contributed by atoms with Gasteiger partial charge >= 0.3 is 0 Å². The van der Waals surface area contributed by atoms with Crippen LogP contribution in [-0.2, 0) is 17.1 Å². The van der Waals surface area contributed by atoms with E-state index in [1.54, 1.807) is 30.5 Å². The van der Waals surface area contributed by atoms with Crippen molar-refractivity contribution in [2.45, 2.75) is 12.8 Å². The minimum atomic E-state index is -3.28. The van der Waals surface area contributed by atoms with Crippen LogP contribution in [0.4, 0.5) is 11.4 Å². The first-order chi connectivity index (χ1) is 13.0. The smallest absolute Gasteiger partial charge is 0.257 e. The number of aromatic nitrogens is 1. The van der Waals surface area contributed by atoms with Crippen molar-refractivity contribution < 1.29 is 13.2 Å². The minimum absolute atomic E-state index is 0.166. The number of benzene rings is 2. The summed E-state index contributed by atoms with van der Waals surface area (Å²) in [5, 5.41) is 3.78. The molecular weight excluding hydrogens is 362 g/mol. The molecule has 6 nitrogen and oxygen atoms in total. The van der Waals surface area contributed by atoms with Crippen molar-refractivity contribution in [1.29, 1.82) is 0 Å². The standard InChI is InChI=1S/C20H21N3O3S/c1-22-14-18(17-9-2-3-10-19(17)22)20(24)21-15-7-6-8-16(13-15)23-11-4-5-12-27(23,25)26/h2-3,6-10,13-14H,4-5,11-12H2,1H3,(H,21,24). The molecule has 4 rings (SSSR count). The fourth-order valence-corrected chi connectivity index (χ4v) is 5.17. The van der Waals surface area contributed by atoms with Gasteiger partial charge in [0.1, 0.15) is 0 Å². The van der Waals surface area contributed by atoms with Crippen LogP contribution in [0.25, 0.3) is 10.9 Å². The lowest BCUT2D eigenvalue weighted by molar-refractivity contribution is 0.102. The summed E-state index contributed by atoms with van der Waals surface area (Å²) in [4.78, 5) is 12.8. The van der Waals surface area contributed by atoms with Crippen LogP contribution in [0.3, 0.4) is 0 Å². The van der Waals surface area contributed by atoms with Gasteiger partial charge in [-0.15, -0.1) is 0 Å². The molecule has 0 bridgehead atoms. The summed E-state index contributed by atoms with van der Waals surface area (Å²) in [6.07, 6.45) is 3.33. The third-order valence-corrected chi connectivity index (χ3v) is 6.75. The first kappa shape index (κ1) is 17.6. The average Bonchev–Trinajstić information content (AvgIpc) is 2.99. The molecule has 2 aromatic carbocycles. The van der Waals surface area contributed by atoms with E-state index in [2.05, 4.69) is 5.32 Å². The van der Waals surface area contributed by atoms with Crippen LogP contribution in [0.15, 0.2) is 54.7 Å². The van der Waals surface area contributed by atoms with Crippen molar-refractivity contribution in [2.24, 2.45) is 7.05 Å². The molecule has 1 fully saturated rings. The molecule has 3 aromatic rings. The number of fused-ring (bicyclic) bond motifs is 1. The van der Waals surface area contributed by atoms with Gasteiger partial charge < -0.3 is 9.88 Å². The SMILES string of the molecule is Cn1cc(C(=O)Nc2cccc(N3CCCCS3(=O)=O)c2)c2ccccc21. The van der Waals surface area contributed by atoms with E-state index < -0.39 is 10.0 Å². The van der Waals surface area contributed by atoms with Gasteiger partial charge in [-0.3, -0.25) is 9.10 Å². The van der Waals surface area contributed by atoms with E-state index in [-0.39, 0.29) is 11.7 Å². The van der Waals surface area contributed by atoms with Crippen LogP contribution in [0.5, 0.6) is 0 Å². The Kier molecular flexibility index (Phi) is 4.39. The Morgan fingerprint density at radius 1 is 1.07 bits per heavy atom. The summed E-state index contributed by atoms with van der Waals surface area (Å²) < 4.78 is 28.0. The lowest BCUT2D eigenvalue weighted by atomic mass is 10.1. The molecule has 0 aliphatic carbocycles. The quantitative estimate of drug-likeness (QED) is 0.754. The van der Waals surface area contributed by atoms with Gasteiger partial charge in [-0.2, -0.15) is 0 Å². The Labute approximate surface area is 158 Å². The van der Waals surface area contributed by atoms with Gasteiger partial charge in [0.2, 0.25) is 10.0 Å². The number of carbonyl (C=O) groups excluding carboxylic acids is 1. The van der Waals surface area contributed by atoms with Crippen molar-refractivity contribution in [3.8, 4) is 0 Å². The van der Waals surface area contributed by atoms with Crippen molar-refractivity contribution in [3.05, 3.63) is 60.3 Å². The molecule has 1 N–H and O–H groups in total. The number of amides is 1. The van der Waals surface area contributed by atoms with Gasteiger partial charge in [0.25, 0.3) is 5.91 Å². The van der Waals surface area contributed by atoms with Gasteiger partial charge in [0, 0.05) is 36.4 Å². The lowest BCUT2D eigenvalue weighted by Gasteiger charge is -2.28. The number of para-hydroxylation sites is 1. The average molecular weight is 383 g/mol. The maximum absolute atomic E-state index is 12.8. The molecule has 7 heteroatoms. The van der Waals surface area contributed by atoms with Crippen molar-refractivity contribution in [3.63, 3.8) is 0 Å². The number of aryl methyl sites for hydroxylation is 1. The number of carbonyl (C=O) groups is 1. The first-order valence-corrected chi connectivity index (χ1v) is 10.5. The largest absolute Gasteiger partial charge is 0.350 e. The van der Waals surface area contributed by atoms with E-state index in [1.807, 2.05) is 35.9 Å². The van der Waals surface area contributed by atoms with E-state index in [0.29, 0.717) is 29.9 Å². The van der Waals surface area contributed by atoms with Gasteiger partial charge in [-0.05, 0) is 37.1 Å². The van der Waals surface area contributed by atoms with Crippen LogP contribution < -0.4 is 9.62 Å². The molecule has 1 aliphatic rings. The molecule has 0 unspecified atom stereocenters. The minimum Gasteiger partial charge on any atom is -0.350 e. The third kappa shape index (κ3) is 3.30. The number of rotatable bonds is 3. The highest BCUT2D eigenvalue weighted by molar-refractivity contribution is 7.92. The number of hydrogen-bond donors (Lipinski definition) is 1. The number of anilines is 2. The summed E-state index contributed by atoms with van der Waals surface area (Å²) in [5.41, 5.74) is 2.73. The number of hydrogen-bond acceptors (Lipinski definition) is 3. The highest BCUT2D eigenvalue weighted by Crippen LogP contribution is 2.27. The summed E-state index contributed by atoms with van der Waals surface area (Å²) >= 11 is 0. The molecule has 2 heterocycles. The molecule has 1 saturated heterocycles. The topological polar surface area (TPSA) is 71.4 Å². The predicted octanol–water partition coefficient (Wildman–Crippen LogP) is 3.36. The van der Waals surface area contributed by atoms with Crippen LogP contribution in [0, 0.1) is 0 Å². The van der Waals surface area contributed by atoms with Crippen molar-refractivity contribution >= 4 is 38.2 Å². The van der Waals surface area contributed by atoms with E-state index in [0.717, 1.165) is 17.3 Å². The molecule has 0 spiro atoms. The Bertz CT molecular complexity index is 1120. The second-order valence-electron chi connectivity index (χ2n) is 6.77. The molecule has 140 valence electrons.